The van der Waals surface area contributed by atoms with Gasteiger partial charge in [-0.3, -0.25) is 10.1 Å². The standard InChI is InChI=1S/C13H20N2O2/c1-4-13(12(14)17,15-9(2)3)10-5-7-11(16)8-6-10/h5-9,15-16H,4H2,1-3H3,(H2,14,17). The van der Waals surface area contributed by atoms with E-state index in [1.807, 2.05) is 20.8 Å². The Morgan fingerprint density at radius 2 is 1.94 bits per heavy atom. The van der Waals surface area contributed by atoms with E-state index in [0.717, 1.165) is 5.56 Å². The summed E-state index contributed by atoms with van der Waals surface area (Å²) in [4.78, 5) is 11.8. The fraction of sp³-hybridized carbons (Fsp3) is 0.462. The first-order valence-corrected chi connectivity index (χ1v) is 5.79. The number of phenols is 1. The van der Waals surface area contributed by atoms with Gasteiger partial charge in [-0.2, -0.15) is 0 Å². The van der Waals surface area contributed by atoms with Crippen molar-refractivity contribution in [1.82, 2.24) is 5.32 Å². The van der Waals surface area contributed by atoms with Gasteiger partial charge in [0.05, 0.1) is 0 Å². The normalized spacial score (nSPS) is 14.6. The van der Waals surface area contributed by atoms with Crippen molar-refractivity contribution in [1.29, 1.82) is 0 Å². The van der Waals surface area contributed by atoms with Crippen molar-refractivity contribution in [2.24, 2.45) is 5.73 Å². The van der Waals surface area contributed by atoms with E-state index in [9.17, 15) is 9.90 Å². The van der Waals surface area contributed by atoms with Crippen molar-refractivity contribution in [3.05, 3.63) is 29.8 Å². The zero-order chi connectivity index (χ0) is 13.1. The van der Waals surface area contributed by atoms with Crippen molar-refractivity contribution in [2.75, 3.05) is 0 Å². The highest BCUT2D eigenvalue weighted by atomic mass is 16.3. The molecule has 0 aliphatic heterocycles. The highest BCUT2D eigenvalue weighted by Crippen LogP contribution is 2.27. The molecule has 0 spiro atoms. The van der Waals surface area contributed by atoms with Crippen molar-refractivity contribution in [3.8, 4) is 5.75 Å². The molecule has 1 atom stereocenters. The highest BCUT2D eigenvalue weighted by molar-refractivity contribution is 5.86. The number of rotatable bonds is 5. The van der Waals surface area contributed by atoms with Crippen LogP contribution in [0.15, 0.2) is 24.3 Å². The molecule has 94 valence electrons. The van der Waals surface area contributed by atoms with Crippen LogP contribution in [0.1, 0.15) is 32.8 Å². The Hall–Kier alpha value is -1.55. The number of phenolic OH excluding ortho intramolecular Hbond substituents is 1. The van der Waals surface area contributed by atoms with Crippen LogP contribution in [0.4, 0.5) is 0 Å². The first kappa shape index (κ1) is 13.5. The van der Waals surface area contributed by atoms with E-state index in [2.05, 4.69) is 5.32 Å². The minimum Gasteiger partial charge on any atom is -0.508 e. The lowest BCUT2D eigenvalue weighted by Crippen LogP contribution is -2.54. The molecule has 0 fully saturated rings. The lowest BCUT2D eigenvalue weighted by atomic mass is 9.85. The van der Waals surface area contributed by atoms with Gasteiger partial charge in [0.2, 0.25) is 5.91 Å². The Morgan fingerprint density at radius 3 is 2.29 bits per heavy atom. The average molecular weight is 236 g/mol. The number of benzene rings is 1. The molecule has 4 N–H and O–H groups in total. The molecular formula is C13H20N2O2. The van der Waals surface area contributed by atoms with Crippen molar-refractivity contribution in [3.63, 3.8) is 0 Å². The molecule has 0 heterocycles. The second kappa shape index (κ2) is 5.19. The van der Waals surface area contributed by atoms with Gasteiger partial charge in [-0.05, 0) is 38.0 Å². The lowest BCUT2D eigenvalue weighted by molar-refractivity contribution is -0.125. The summed E-state index contributed by atoms with van der Waals surface area (Å²) in [6, 6.07) is 6.70. The third-order valence-electron chi connectivity index (χ3n) is 2.85. The molecule has 0 aliphatic rings. The summed E-state index contributed by atoms with van der Waals surface area (Å²) in [6.45, 7) is 5.84. The maximum absolute atomic E-state index is 11.8. The van der Waals surface area contributed by atoms with Crippen LogP contribution < -0.4 is 11.1 Å². The average Bonchev–Trinajstić information content (AvgIpc) is 2.26. The molecular weight excluding hydrogens is 216 g/mol. The quantitative estimate of drug-likeness (QED) is 0.725. The summed E-state index contributed by atoms with van der Waals surface area (Å²) in [5.41, 5.74) is 5.44. The smallest absolute Gasteiger partial charge is 0.242 e. The van der Waals surface area contributed by atoms with E-state index in [-0.39, 0.29) is 11.8 Å². The van der Waals surface area contributed by atoms with Crippen LogP contribution in [0.25, 0.3) is 0 Å². The summed E-state index contributed by atoms with van der Waals surface area (Å²) in [6.07, 6.45) is 0.561. The molecule has 1 aromatic carbocycles. The van der Waals surface area contributed by atoms with Crippen molar-refractivity contribution in [2.45, 2.75) is 38.8 Å². The molecule has 1 unspecified atom stereocenters. The maximum Gasteiger partial charge on any atom is 0.242 e. The number of hydrogen-bond donors (Lipinski definition) is 3. The van der Waals surface area contributed by atoms with Gasteiger partial charge >= 0.3 is 0 Å². The van der Waals surface area contributed by atoms with Crippen LogP contribution in [0.2, 0.25) is 0 Å². The summed E-state index contributed by atoms with van der Waals surface area (Å²) in [5.74, 6) is -0.229. The molecule has 0 aromatic heterocycles. The van der Waals surface area contributed by atoms with Gasteiger partial charge in [0.25, 0.3) is 0 Å². The fourth-order valence-corrected chi connectivity index (χ4v) is 2.02. The van der Waals surface area contributed by atoms with Gasteiger partial charge < -0.3 is 10.8 Å². The SMILES string of the molecule is CCC(NC(C)C)(C(N)=O)c1ccc(O)cc1. The number of carbonyl (C=O) groups excluding carboxylic acids is 1. The lowest BCUT2D eigenvalue weighted by Gasteiger charge is -2.33. The Kier molecular flexibility index (Phi) is 4.12. The van der Waals surface area contributed by atoms with Gasteiger partial charge in [0.1, 0.15) is 11.3 Å². The predicted molar refractivity (Wildman–Crippen MR) is 67.5 cm³/mol. The molecule has 0 radical (unpaired) electrons. The molecule has 4 nitrogen and oxygen atoms in total. The van der Waals surface area contributed by atoms with Crippen LogP contribution in [0.5, 0.6) is 5.75 Å². The largest absolute Gasteiger partial charge is 0.508 e. The molecule has 17 heavy (non-hydrogen) atoms. The zero-order valence-corrected chi connectivity index (χ0v) is 10.5. The van der Waals surface area contributed by atoms with Crippen molar-refractivity contribution < 1.29 is 9.90 Å². The number of nitrogens with one attached hydrogen (secondary N) is 1. The zero-order valence-electron chi connectivity index (χ0n) is 10.5. The summed E-state index contributed by atoms with van der Waals surface area (Å²) in [7, 11) is 0. The van der Waals surface area contributed by atoms with Crippen LogP contribution in [0, 0.1) is 0 Å². The van der Waals surface area contributed by atoms with Gasteiger partial charge in [-0.15, -0.1) is 0 Å². The molecule has 0 bridgehead atoms. The minimum absolute atomic E-state index is 0.135. The number of nitrogens with two attached hydrogens (primary N) is 1. The molecule has 1 rings (SSSR count). The summed E-state index contributed by atoms with van der Waals surface area (Å²) in [5, 5.41) is 12.5. The Morgan fingerprint density at radius 1 is 1.41 bits per heavy atom. The van der Waals surface area contributed by atoms with Gasteiger partial charge in [-0.1, -0.05) is 19.1 Å². The molecule has 1 aromatic rings. The topological polar surface area (TPSA) is 75.3 Å². The first-order valence-electron chi connectivity index (χ1n) is 5.79. The highest BCUT2D eigenvalue weighted by Gasteiger charge is 2.36. The third kappa shape index (κ3) is 2.77. The third-order valence-corrected chi connectivity index (χ3v) is 2.85. The second-order valence-corrected chi connectivity index (χ2v) is 4.47. The van der Waals surface area contributed by atoms with Crippen LogP contribution >= 0.6 is 0 Å². The Labute approximate surface area is 102 Å². The van der Waals surface area contributed by atoms with E-state index in [0.29, 0.717) is 6.42 Å². The first-order chi connectivity index (χ1) is 7.92. The van der Waals surface area contributed by atoms with Gasteiger partial charge in [0, 0.05) is 6.04 Å². The number of aromatic hydroxyl groups is 1. The maximum atomic E-state index is 11.8. The van der Waals surface area contributed by atoms with E-state index >= 15 is 0 Å². The molecule has 4 heteroatoms. The minimum atomic E-state index is -0.873. The van der Waals surface area contributed by atoms with Crippen molar-refractivity contribution >= 4 is 5.91 Å². The Balaban J connectivity index is 3.21. The van der Waals surface area contributed by atoms with E-state index < -0.39 is 11.4 Å². The van der Waals surface area contributed by atoms with E-state index in [1.54, 1.807) is 24.3 Å². The molecule has 0 aliphatic carbocycles. The second-order valence-electron chi connectivity index (χ2n) is 4.47. The number of carbonyl (C=O) groups is 1. The molecule has 0 saturated carbocycles. The fourth-order valence-electron chi connectivity index (χ4n) is 2.02. The van der Waals surface area contributed by atoms with E-state index in [4.69, 9.17) is 5.73 Å². The summed E-state index contributed by atoms with van der Waals surface area (Å²) < 4.78 is 0. The van der Waals surface area contributed by atoms with E-state index in [1.165, 1.54) is 0 Å². The van der Waals surface area contributed by atoms with Crippen LogP contribution in [0.3, 0.4) is 0 Å². The van der Waals surface area contributed by atoms with Gasteiger partial charge in [-0.25, -0.2) is 0 Å². The van der Waals surface area contributed by atoms with Gasteiger partial charge in [0.15, 0.2) is 0 Å². The van der Waals surface area contributed by atoms with Crippen LogP contribution in [-0.4, -0.2) is 17.1 Å². The number of amides is 1. The molecule has 1 amide bonds. The number of primary amides is 1. The monoisotopic (exact) mass is 236 g/mol. The Bertz CT molecular complexity index is 387. The number of hydrogen-bond acceptors (Lipinski definition) is 3. The summed E-state index contributed by atoms with van der Waals surface area (Å²) >= 11 is 0. The molecule has 0 saturated heterocycles. The predicted octanol–water partition coefficient (Wildman–Crippen LogP) is 1.48. The van der Waals surface area contributed by atoms with Crippen LogP contribution in [-0.2, 0) is 10.3 Å².